The maximum Gasteiger partial charge on any atom is 0.272 e. The van der Waals surface area contributed by atoms with Gasteiger partial charge in [0, 0.05) is 35.3 Å². The van der Waals surface area contributed by atoms with Crippen LogP contribution in [-0.2, 0) is 4.79 Å². The molecule has 3 aromatic rings. The van der Waals surface area contributed by atoms with Crippen LogP contribution in [0.1, 0.15) is 28.8 Å². The fraction of sp³-hybridized carbons (Fsp3) is 0.276. The number of carbonyl (C=O) groups is 2. The summed E-state index contributed by atoms with van der Waals surface area (Å²) in [6.07, 6.45) is 2.26. The lowest BCUT2D eigenvalue weighted by Crippen LogP contribution is -2.61. The molecule has 8 heteroatoms. The Balaban J connectivity index is 1.18. The average molecular weight is 495 g/mol. The second-order valence-corrected chi connectivity index (χ2v) is 10.0. The molecule has 1 atom stereocenters. The predicted octanol–water partition coefficient (Wildman–Crippen LogP) is 3.25. The van der Waals surface area contributed by atoms with Crippen molar-refractivity contribution in [3.05, 3.63) is 96.1 Å². The minimum absolute atomic E-state index is 0.0449. The molecule has 3 aliphatic rings. The third-order valence-corrected chi connectivity index (χ3v) is 7.50. The number of hydrazine groups is 1. The van der Waals surface area contributed by atoms with Gasteiger partial charge in [0.1, 0.15) is 0 Å². The van der Waals surface area contributed by atoms with Crippen LogP contribution in [-0.4, -0.2) is 54.6 Å². The summed E-state index contributed by atoms with van der Waals surface area (Å²) in [7, 11) is 0. The highest BCUT2D eigenvalue weighted by Crippen LogP contribution is 2.39. The van der Waals surface area contributed by atoms with Crippen LogP contribution in [0, 0.1) is 5.41 Å². The molecule has 6 rings (SSSR count). The van der Waals surface area contributed by atoms with Gasteiger partial charge in [-0.1, -0.05) is 48.5 Å². The van der Waals surface area contributed by atoms with Gasteiger partial charge < -0.3 is 15.6 Å². The second kappa shape index (κ2) is 9.80. The number of amides is 2. The van der Waals surface area contributed by atoms with Crippen LogP contribution in [0.15, 0.2) is 90.0 Å². The van der Waals surface area contributed by atoms with Crippen molar-refractivity contribution in [3.8, 4) is 0 Å². The molecule has 188 valence electrons. The molecule has 3 aliphatic heterocycles. The van der Waals surface area contributed by atoms with Crippen LogP contribution in [0.25, 0.3) is 0 Å². The highest BCUT2D eigenvalue weighted by atomic mass is 16.2. The highest BCUT2D eigenvalue weighted by molar-refractivity contribution is 6.24. The first-order valence-electron chi connectivity index (χ1n) is 12.8. The molecular formula is C29H30N6O2. The second-order valence-electron chi connectivity index (χ2n) is 10.0. The van der Waals surface area contributed by atoms with Gasteiger partial charge in [-0.15, -0.1) is 0 Å². The molecule has 2 fully saturated rings. The van der Waals surface area contributed by atoms with Crippen LogP contribution in [0.2, 0.25) is 0 Å². The Morgan fingerprint density at radius 3 is 2.22 bits per heavy atom. The van der Waals surface area contributed by atoms with Crippen molar-refractivity contribution in [2.75, 3.05) is 36.6 Å². The Morgan fingerprint density at radius 2 is 1.54 bits per heavy atom. The van der Waals surface area contributed by atoms with Crippen molar-refractivity contribution in [1.82, 2.24) is 15.6 Å². The van der Waals surface area contributed by atoms with Crippen molar-refractivity contribution in [1.29, 1.82) is 0 Å². The Kier molecular flexibility index (Phi) is 6.20. The van der Waals surface area contributed by atoms with Gasteiger partial charge in [-0.3, -0.25) is 9.59 Å². The number of nitrogens with one attached hydrogen (secondary N) is 3. The number of likely N-dealkylation sites (tertiary alicyclic amines) is 1. The Morgan fingerprint density at radius 1 is 0.892 bits per heavy atom. The van der Waals surface area contributed by atoms with E-state index in [4.69, 9.17) is 5.10 Å². The first-order valence-corrected chi connectivity index (χ1v) is 12.8. The number of hydrogen-bond donors (Lipinski definition) is 3. The number of hydrazone groups is 1. The molecule has 37 heavy (non-hydrogen) atoms. The van der Waals surface area contributed by atoms with E-state index in [1.807, 2.05) is 65.6 Å². The van der Waals surface area contributed by atoms with Gasteiger partial charge in [0.2, 0.25) is 0 Å². The molecule has 0 aromatic heterocycles. The normalized spacial score (nSPS) is 20.5. The highest BCUT2D eigenvalue weighted by Gasteiger charge is 2.45. The Bertz CT molecular complexity index is 1300. The Hall–Kier alpha value is -4.01. The first kappa shape index (κ1) is 23.4. The molecule has 1 unspecified atom stereocenters. The fourth-order valence-corrected chi connectivity index (χ4v) is 5.39. The monoisotopic (exact) mass is 494 g/mol. The lowest BCUT2D eigenvalue weighted by atomic mass is 9.72. The van der Waals surface area contributed by atoms with E-state index >= 15 is 0 Å². The van der Waals surface area contributed by atoms with Crippen LogP contribution in [0.3, 0.4) is 0 Å². The molecule has 0 bridgehead atoms. The van der Waals surface area contributed by atoms with Crippen LogP contribution in [0.5, 0.6) is 0 Å². The molecule has 0 saturated carbocycles. The van der Waals surface area contributed by atoms with Crippen molar-refractivity contribution >= 4 is 28.9 Å². The van der Waals surface area contributed by atoms with Crippen molar-refractivity contribution in [3.63, 3.8) is 0 Å². The van der Waals surface area contributed by atoms with E-state index in [0.717, 1.165) is 50.3 Å². The summed E-state index contributed by atoms with van der Waals surface area (Å²) in [4.78, 5) is 28.5. The summed E-state index contributed by atoms with van der Waals surface area (Å²) in [5.74, 6) is -0.152. The first-order chi connectivity index (χ1) is 18.1. The molecule has 0 radical (unpaired) electrons. The quantitative estimate of drug-likeness (QED) is 0.458. The van der Waals surface area contributed by atoms with E-state index in [-0.39, 0.29) is 11.8 Å². The van der Waals surface area contributed by atoms with Crippen LogP contribution < -0.4 is 21.2 Å². The lowest BCUT2D eigenvalue weighted by molar-refractivity contribution is -0.118. The standard InChI is InChI=1S/C29H30N6O2/c36-27(34-19-29(20-34)15-17-30-18-16-29)22-11-13-24(14-12-22)35-28(37)26(32-31-23-9-5-2-6-10-23)25(33-35)21-7-3-1-4-8-21/h1-14,26,30-32H,15-20H2. The zero-order valence-corrected chi connectivity index (χ0v) is 20.6. The van der Waals surface area contributed by atoms with Gasteiger partial charge >= 0.3 is 0 Å². The van der Waals surface area contributed by atoms with Gasteiger partial charge in [-0.05, 0) is 62.3 Å². The molecule has 3 aromatic carbocycles. The van der Waals surface area contributed by atoms with Gasteiger partial charge in [0.25, 0.3) is 11.8 Å². The van der Waals surface area contributed by atoms with E-state index in [1.54, 1.807) is 24.3 Å². The SMILES string of the molecule is O=C(c1ccc(N2N=C(c3ccccc3)C(NNc3ccccc3)C2=O)cc1)N1CC2(CCNCC2)C1. The molecule has 3 N–H and O–H groups in total. The number of hydrogen-bond acceptors (Lipinski definition) is 6. The summed E-state index contributed by atoms with van der Waals surface area (Å²) in [5.41, 5.74) is 10.2. The molecule has 3 heterocycles. The minimum Gasteiger partial charge on any atom is -0.337 e. The van der Waals surface area contributed by atoms with E-state index in [1.165, 1.54) is 5.01 Å². The summed E-state index contributed by atoms with van der Waals surface area (Å²) in [6.45, 7) is 3.71. The van der Waals surface area contributed by atoms with Gasteiger partial charge in [-0.25, -0.2) is 5.43 Å². The number of benzene rings is 3. The van der Waals surface area contributed by atoms with E-state index in [9.17, 15) is 9.59 Å². The summed E-state index contributed by atoms with van der Waals surface area (Å²) >= 11 is 0. The maximum atomic E-state index is 13.5. The number of piperidine rings is 1. The number of rotatable bonds is 6. The van der Waals surface area contributed by atoms with Gasteiger partial charge in [-0.2, -0.15) is 10.1 Å². The predicted molar refractivity (Wildman–Crippen MR) is 144 cm³/mol. The number of anilines is 2. The van der Waals surface area contributed by atoms with Gasteiger partial charge in [0.15, 0.2) is 6.04 Å². The lowest BCUT2D eigenvalue weighted by Gasteiger charge is -2.52. The van der Waals surface area contributed by atoms with E-state index in [0.29, 0.717) is 22.4 Å². The van der Waals surface area contributed by atoms with Crippen LogP contribution >= 0.6 is 0 Å². The largest absolute Gasteiger partial charge is 0.337 e. The van der Waals surface area contributed by atoms with Crippen molar-refractivity contribution in [2.45, 2.75) is 18.9 Å². The third-order valence-electron chi connectivity index (χ3n) is 7.50. The van der Waals surface area contributed by atoms with Crippen LogP contribution in [0.4, 0.5) is 11.4 Å². The molecule has 2 saturated heterocycles. The van der Waals surface area contributed by atoms with E-state index < -0.39 is 6.04 Å². The number of carbonyl (C=O) groups excluding carboxylic acids is 2. The van der Waals surface area contributed by atoms with Gasteiger partial charge in [0.05, 0.1) is 11.4 Å². The topological polar surface area (TPSA) is 89.1 Å². The minimum atomic E-state index is -0.675. The molecular weight excluding hydrogens is 464 g/mol. The smallest absolute Gasteiger partial charge is 0.272 e. The summed E-state index contributed by atoms with van der Waals surface area (Å²) in [5, 5.41) is 9.50. The fourth-order valence-electron chi connectivity index (χ4n) is 5.39. The molecule has 0 aliphatic carbocycles. The number of para-hydroxylation sites is 1. The van der Waals surface area contributed by atoms with Crippen molar-refractivity contribution in [2.24, 2.45) is 10.5 Å². The number of nitrogens with zero attached hydrogens (tertiary/aromatic N) is 3. The maximum absolute atomic E-state index is 13.5. The zero-order chi connectivity index (χ0) is 25.2. The van der Waals surface area contributed by atoms with Crippen molar-refractivity contribution < 1.29 is 9.59 Å². The Labute approximate surface area is 216 Å². The molecule has 2 amide bonds. The summed E-state index contributed by atoms with van der Waals surface area (Å²) < 4.78 is 0. The zero-order valence-electron chi connectivity index (χ0n) is 20.6. The molecule has 8 nitrogen and oxygen atoms in total. The summed E-state index contributed by atoms with van der Waals surface area (Å²) in [6, 6.07) is 25.8. The van der Waals surface area contributed by atoms with E-state index in [2.05, 4.69) is 16.2 Å². The molecule has 1 spiro atoms. The third kappa shape index (κ3) is 4.61. The average Bonchev–Trinajstić information content (AvgIpc) is 3.27.